The van der Waals surface area contributed by atoms with E-state index in [-0.39, 0.29) is 17.2 Å². The number of nitro groups is 1. The molecule has 0 amide bonds. The van der Waals surface area contributed by atoms with Crippen LogP contribution in [0, 0.1) is 10.1 Å². The molecule has 0 heterocycles. The van der Waals surface area contributed by atoms with Gasteiger partial charge in [-0.2, -0.15) is 0 Å². The Balaban J connectivity index is 0.000000200. The third-order valence-corrected chi connectivity index (χ3v) is 3.33. The summed E-state index contributed by atoms with van der Waals surface area (Å²) in [6.45, 7) is 0. The highest BCUT2D eigenvalue weighted by Crippen LogP contribution is 2.32. The van der Waals surface area contributed by atoms with Crippen molar-refractivity contribution in [2.45, 2.75) is 0 Å². The molecular weight excluding hydrogens is 382 g/mol. The molecule has 0 aromatic heterocycles. The molecule has 2 N–H and O–H groups in total. The van der Waals surface area contributed by atoms with Gasteiger partial charge in [0.25, 0.3) is 0 Å². The summed E-state index contributed by atoms with van der Waals surface area (Å²) in [5.74, 6) is -0.0509. The number of nitro benzene ring substituents is 1. The van der Waals surface area contributed by atoms with E-state index in [4.69, 9.17) is 10.2 Å². The van der Waals surface area contributed by atoms with Crippen LogP contribution in [0.15, 0.2) is 51.4 Å². The molecule has 0 radical (unpaired) electrons. The smallest absolute Gasteiger partial charge is 0.311 e. The van der Waals surface area contributed by atoms with Crippen LogP contribution in [-0.2, 0) is 0 Å². The fourth-order valence-electron chi connectivity index (χ4n) is 1.10. The largest absolute Gasteiger partial charge is 0.507 e. The molecule has 0 aliphatic heterocycles. The first-order valence-corrected chi connectivity index (χ1v) is 6.57. The SMILES string of the molecule is O=[N+]([O-])c1cccc(Br)c1O.Oc1ccccc1Br. The Morgan fingerprint density at radius 2 is 1.53 bits per heavy atom. The first-order chi connectivity index (χ1) is 8.93. The van der Waals surface area contributed by atoms with Crippen molar-refractivity contribution in [2.24, 2.45) is 0 Å². The van der Waals surface area contributed by atoms with E-state index in [2.05, 4.69) is 31.9 Å². The number of hydrogen-bond acceptors (Lipinski definition) is 4. The quantitative estimate of drug-likeness (QED) is 0.564. The molecule has 0 saturated heterocycles. The molecule has 0 spiro atoms. The second-order valence-electron chi connectivity index (χ2n) is 3.32. The lowest BCUT2D eigenvalue weighted by molar-refractivity contribution is -0.385. The Labute approximate surface area is 125 Å². The zero-order valence-electron chi connectivity index (χ0n) is 9.46. The Kier molecular flexibility index (Phi) is 5.78. The number of benzene rings is 2. The van der Waals surface area contributed by atoms with Gasteiger partial charge in [0.05, 0.1) is 13.9 Å². The Morgan fingerprint density at radius 3 is 1.95 bits per heavy atom. The fraction of sp³-hybridized carbons (Fsp3) is 0. The summed E-state index contributed by atoms with van der Waals surface area (Å²) in [6, 6.07) is 11.3. The van der Waals surface area contributed by atoms with Crippen LogP contribution in [0.5, 0.6) is 11.5 Å². The van der Waals surface area contributed by atoms with Crippen molar-refractivity contribution in [3.05, 3.63) is 61.5 Å². The van der Waals surface area contributed by atoms with E-state index < -0.39 is 4.92 Å². The van der Waals surface area contributed by atoms with Crippen molar-refractivity contribution in [1.29, 1.82) is 0 Å². The van der Waals surface area contributed by atoms with Gasteiger partial charge in [0.2, 0.25) is 5.75 Å². The highest BCUT2D eigenvalue weighted by Gasteiger charge is 2.13. The molecule has 2 aromatic carbocycles. The topological polar surface area (TPSA) is 83.6 Å². The van der Waals surface area contributed by atoms with Crippen LogP contribution in [0.1, 0.15) is 0 Å². The van der Waals surface area contributed by atoms with Gasteiger partial charge in [0.1, 0.15) is 5.75 Å². The minimum atomic E-state index is -0.639. The van der Waals surface area contributed by atoms with Crippen LogP contribution in [0.4, 0.5) is 5.69 Å². The van der Waals surface area contributed by atoms with Gasteiger partial charge >= 0.3 is 5.69 Å². The number of phenolic OH excluding ortho intramolecular Hbond substituents is 2. The lowest BCUT2D eigenvalue weighted by Crippen LogP contribution is -1.87. The van der Waals surface area contributed by atoms with E-state index in [1.54, 1.807) is 18.2 Å². The number of phenols is 2. The molecule has 0 atom stereocenters. The van der Waals surface area contributed by atoms with Crippen molar-refractivity contribution in [1.82, 2.24) is 0 Å². The molecule has 0 fully saturated rings. The third-order valence-electron chi connectivity index (χ3n) is 2.01. The van der Waals surface area contributed by atoms with Crippen LogP contribution in [0.2, 0.25) is 0 Å². The molecular formula is C12H9Br2NO4. The van der Waals surface area contributed by atoms with Gasteiger partial charge in [-0.25, -0.2) is 0 Å². The molecule has 0 saturated carbocycles. The maximum atomic E-state index is 10.2. The van der Waals surface area contributed by atoms with E-state index in [1.165, 1.54) is 18.2 Å². The van der Waals surface area contributed by atoms with Crippen molar-refractivity contribution in [3.63, 3.8) is 0 Å². The van der Waals surface area contributed by atoms with Gasteiger partial charge in [-0.15, -0.1) is 0 Å². The average molecular weight is 391 g/mol. The molecule has 100 valence electrons. The third kappa shape index (κ3) is 4.53. The van der Waals surface area contributed by atoms with Gasteiger partial charge in [0.15, 0.2) is 0 Å². The van der Waals surface area contributed by atoms with Gasteiger partial charge in [0, 0.05) is 6.07 Å². The number of aromatic hydroxyl groups is 2. The van der Waals surface area contributed by atoms with Crippen molar-refractivity contribution >= 4 is 37.5 Å². The van der Waals surface area contributed by atoms with E-state index in [9.17, 15) is 10.1 Å². The normalized spacial score (nSPS) is 9.37. The number of rotatable bonds is 1. The Morgan fingerprint density at radius 1 is 0.947 bits per heavy atom. The van der Waals surface area contributed by atoms with Crippen molar-refractivity contribution in [2.75, 3.05) is 0 Å². The molecule has 2 rings (SSSR count). The first-order valence-electron chi connectivity index (χ1n) is 4.99. The number of para-hydroxylation sites is 2. The maximum absolute atomic E-state index is 10.2. The van der Waals surface area contributed by atoms with Gasteiger partial charge in [-0.05, 0) is 50.1 Å². The monoisotopic (exact) mass is 389 g/mol. The second-order valence-corrected chi connectivity index (χ2v) is 5.02. The average Bonchev–Trinajstić information content (AvgIpc) is 2.37. The zero-order valence-corrected chi connectivity index (χ0v) is 12.6. The summed E-state index contributed by atoms with van der Waals surface area (Å²) in [5.41, 5.74) is -0.292. The van der Waals surface area contributed by atoms with E-state index in [0.717, 1.165) is 4.47 Å². The molecule has 7 heteroatoms. The van der Waals surface area contributed by atoms with Crippen LogP contribution in [-0.4, -0.2) is 15.1 Å². The van der Waals surface area contributed by atoms with Crippen LogP contribution < -0.4 is 0 Å². The highest BCUT2D eigenvalue weighted by atomic mass is 79.9. The van der Waals surface area contributed by atoms with Crippen molar-refractivity contribution < 1.29 is 15.1 Å². The second kappa shape index (κ2) is 7.10. The Hall–Kier alpha value is -1.60. The maximum Gasteiger partial charge on any atom is 0.311 e. The summed E-state index contributed by atoms with van der Waals surface area (Å²) in [6.07, 6.45) is 0. The van der Waals surface area contributed by atoms with Crippen LogP contribution in [0.25, 0.3) is 0 Å². The predicted octanol–water partition coefficient (Wildman–Crippen LogP) is 4.22. The molecule has 0 aliphatic carbocycles. The molecule has 0 bridgehead atoms. The van der Waals surface area contributed by atoms with Gasteiger partial charge < -0.3 is 10.2 Å². The predicted molar refractivity (Wildman–Crippen MR) is 78.3 cm³/mol. The minimum Gasteiger partial charge on any atom is -0.507 e. The summed E-state index contributed by atoms with van der Waals surface area (Å²) < 4.78 is 1.06. The van der Waals surface area contributed by atoms with Crippen molar-refractivity contribution in [3.8, 4) is 11.5 Å². The minimum absolute atomic E-state index is 0.285. The molecule has 5 nitrogen and oxygen atoms in total. The standard InChI is InChI=1S/C6H4BrNO3.C6H5BrO/c7-4-2-1-3-5(6(4)9)8(10)11;7-5-3-1-2-4-6(5)8/h1-3,9H;1-4,8H. The number of halogens is 2. The number of nitrogens with zero attached hydrogens (tertiary/aromatic N) is 1. The lowest BCUT2D eigenvalue weighted by atomic mass is 10.3. The zero-order chi connectivity index (χ0) is 14.4. The van der Waals surface area contributed by atoms with Gasteiger partial charge in [-0.1, -0.05) is 18.2 Å². The van der Waals surface area contributed by atoms with Crippen LogP contribution >= 0.6 is 31.9 Å². The van der Waals surface area contributed by atoms with E-state index in [0.29, 0.717) is 4.47 Å². The highest BCUT2D eigenvalue weighted by molar-refractivity contribution is 9.10. The van der Waals surface area contributed by atoms with E-state index in [1.807, 2.05) is 6.07 Å². The molecule has 0 unspecified atom stereocenters. The van der Waals surface area contributed by atoms with E-state index >= 15 is 0 Å². The number of hydrogen-bond donors (Lipinski definition) is 2. The lowest BCUT2D eigenvalue weighted by Gasteiger charge is -1.95. The summed E-state index contributed by atoms with van der Waals surface area (Å²) in [5, 5.41) is 28.2. The fourth-order valence-corrected chi connectivity index (χ4v) is 1.74. The van der Waals surface area contributed by atoms with Crippen LogP contribution in [0.3, 0.4) is 0 Å². The molecule has 19 heavy (non-hydrogen) atoms. The Bertz CT molecular complexity index is 569. The molecule has 2 aromatic rings. The van der Waals surface area contributed by atoms with Gasteiger partial charge in [-0.3, -0.25) is 10.1 Å². The summed E-state index contributed by atoms with van der Waals surface area (Å²) in [4.78, 5) is 9.56. The summed E-state index contributed by atoms with van der Waals surface area (Å²) in [7, 11) is 0. The first kappa shape index (κ1) is 15.5. The molecule has 0 aliphatic rings. The summed E-state index contributed by atoms with van der Waals surface area (Å²) >= 11 is 6.11.